The van der Waals surface area contributed by atoms with Crippen LogP contribution in [0.2, 0.25) is 10.0 Å². The Morgan fingerprint density at radius 1 is 1.44 bits per heavy atom. The highest BCUT2D eigenvalue weighted by atomic mass is 35.5. The van der Waals surface area contributed by atoms with Crippen LogP contribution in [0, 0.1) is 0 Å². The maximum Gasteiger partial charge on any atom is 0.193 e. The average Bonchev–Trinajstić information content (AvgIpc) is 2.28. The number of methoxy groups -OCH3 is 1. The summed E-state index contributed by atoms with van der Waals surface area (Å²) in [6.45, 7) is 2.00. The topological polar surface area (TPSA) is 26.3 Å². The van der Waals surface area contributed by atoms with Gasteiger partial charge < -0.3 is 4.74 Å². The summed E-state index contributed by atoms with van der Waals surface area (Å²) in [6, 6.07) is 4.85. The molecule has 1 atom stereocenters. The summed E-state index contributed by atoms with van der Waals surface area (Å²) < 4.78 is 5.15. The van der Waals surface area contributed by atoms with Gasteiger partial charge >= 0.3 is 0 Å². The van der Waals surface area contributed by atoms with E-state index in [4.69, 9.17) is 27.9 Å². The van der Waals surface area contributed by atoms with E-state index in [1.54, 1.807) is 18.2 Å². The Kier molecular flexibility index (Phi) is 5.26. The van der Waals surface area contributed by atoms with E-state index in [1.807, 2.05) is 6.92 Å². The number of hydrogen-bond donors (Lipinski definition) is 0. The molecule has 4 heteroatoms. The van der Waals surface area contributed by atoms with Crippen LogP contribution in [-0.2, 0) is 4.74 Å². The minimum atomic E-state index is -0.444. The summed E-state index contributed by atoms with van der Waals surface area (Å²) in [5.41, 5.74) is 0.425. The Labute approximate surface area is 106 Å². The number of rotatable bonds is 5. The standard InChI is InChI=1S/C12H14Cl2O2/c1-3-4-11(16-2)12(15)9-7-8(13)5-6-10(9)14/h5-7,11H,3-4H2,1-2H3. The number of carbonyl (C=O) groups is 1. The third kappa shape index (κ3) is 3.21. The molecule has 0 spiro atoms. The smallest absolute Gasteiger partial charge is 0.193 e. The highest BCUT2D eigenvalue weighted by Gasteiger charge is 2.21. The quantitative estimate of drug-likeness (QED) is 0.749. The molecule has 16 heavy (non-hydrogen) atoms. The van der Waals surface area contributed by atoms with E-state index in [2.05, 4.69) is 0 Å². The Hall–Kier alpha value is -0.570. The van der Waals surface area contributed by atoms with E-state index < -0.39 is 6.10 Å². The van der Waals surface area contributed by atoms with Crippen LogP contribution in [0.3, 0.4) is 0 Å². The molecule has 1 unspecified atom stereocenters. The van der Waals surface area contributed by atoms with Gasteiger partial charge in [-0.15, -0.1) is 0 Å². The molecule has 0 radical (unpaired) electrons. The first kappa shape index (κ1) is 13.5. The number of carbonyl (C=O) groups excluding carboxylic acids is 1. The van der Waals surface area contributed by atoms with Crippen molar-refractivity contribution in [3.63, 3.8) is 0 Å². The zero-order valence-electron chi connectivity index (χ0n) is 9.30. The Morgan fingerprint density at radius 3 is 2.69 bits per heavy atom. The minimum Gasteiger partial charge on any atom is -0.373 e. The van der Waals surface area contributed by atoms with Crippen LogP contribution in [0.4, 0.5) is 0 Å². The van der Waals surface area contributed by atoms with Crippen molar-refractivity contribution >= 4 is 29.0 Å². The van der Waals surface area contributed by atoms with Crippen LogP contribution in [0.25, 0.3) is 0 Å². The fourth-order valence-electron chi connectivity index (χ4n) is 1.48. The van der Waals surface area contributed by atoms with Gasteiger partial charge in [0.15, 0.2) is 5.78 Å². The molecule has 1 aromatic carbocycles. The van der Waals surface area contributed by atoms with E-state index >= 15 is 0 Å². The van der Waals surface area contributed by atoms with Gasteiger partial charge in [-0.25, -0.2) is 0 Å². The first-order chi connectivity index (χ1) is 7.60. The normalized spacial score (nSPS) is 12.5. The number of hydrogen-bond acceptors (Lipinski definition) is 2. The van der Waals surface area contributed by atoms with Crippen LogP contribution in [0.15, 0.2) is 18.2 Å². The summed E-state index contributed by atoms with van der Waals surface area (Å²) >= 11 is 11.8. The molecule has 0 bridgehead atoms. The lowest BCUT2D eigenvalue weighted by atomic mass is 10.0. The van der Waals surface area contributed by atoms with E-state index in [1.165, 1.54) is 7.11 Å². The Balaban J connectivity index is 2.98. The second kappa shape index (κ2) is 6.24. The number of ketones is 1. The molecule has 1 rings (SSSR count). The molecule has 0 N–H and O–H groups in total. The number of Topliss-reactive ketones (excluding diaryl/α,β-unsaturated/α-hetero) is 1. The summed E-state index contributed by atoms with van der Waals surface area (Å²) in [4.78, 5) is 12.1. The second-order valence-corrected chi connectivity index (χ2v) is 4.35. The van der Waals surface area contributed by atoms with Gasteiger partial charge in [0, 0.05) is 17.7 Å². The maximum absolute atomic E-state index is 12.1. The highest BCUT2D eigenvalue weighted by molar-refractivity contribution is 6.36. The molecular formula is C12H14Cl2O2. The number of halogens is 2. The number of benzene rings is 1. The van der Waals surface area contributed by atoms with E-state index in [0.717, 1.165) is 6.42 Å². The molecule has 0 aromatic heterocycles. The van der Waals surface area contributed by atoms with Crippen molar-refractivity contribution in [3.05, 3.63) is 33.8 Å². The van der Waals surface area contributed by atoms with Crippen molar-refractivity contribution in [1.29, 1.82) is 0 Å². The van der Waals surface area contributed by atoms with Gasteiger partial charge in [-0.3, -0.25) is 4.79 Å². The molecule has 0 fully saturated rings. The lowest BCUT2D eigenvalue weighted by Gasteiger charge is -2.14. The van der Waals surface area contributed by atoms with Crippen LogP contribution in [-0.4, -0.2) is 19.0 Å². The molecule has 0 aliphatic rings. The predicted octanol–water partition coefficient (Wildman–Crippen LogP) is 3.99. The van der Waals surface area contributed by atoms with Crippen molar-refractivity contribution < 1.29 is 9.53 Å². The molecule has 88 valence electrons. The first-order valence-electron chi connectivity index (χ1n) is 5.12. The zero-order valence-corrected chi connectivity index (χ0v) is 10.8. The van der Waals surface area contributed by atoms with E-state index in [9.17, 15) is 4.79 Å². The monoisotopic (exact) mass is 260 g/mol. The van der Waals surface area contributed by atoms with Crippen LogP contribution >= 0.6 is 23.2 Å². The van der Waals surface area contributed by atoms with Crippen molar-refractivity contribution in [2.75, 3.05) is 7.11 Å². The second-order valence-electron chi connectivity index (χ2n) is 3.50. The SMILES string of the molecule is CCCC(OC)C(=O)c1cc(Cl)ccc1Cl. The highest BCUT2D eigenvalue weighted by Crippen LogP contribution is 2.23. The van der Waals surface area contributed by atoms with Gasteiger partial charge in [-0.2, -0.15) is 0 Å². The summed E-state index contributed by atoms with van der Waals surface area (Å²) in [5.74, 6) is -0.114. The molecule has 0 aliphatic carbocycles. The van der Waals surface area contributed by atoms with Gasteiger partial charge in [0.25, 0.3) is 0 Å². The molecule has 2 nitrogen and oxygen atoms in total. The summed E-state index contributed by atoms with van der Waals surface area (Å²) in [6.07, 6.45) is 1.11. The van der Waals surface area contributed by atoms with Crippen LogP contribution in [0.5, 0.6) is 0 Å². The minimum absolute atomic E-state index is 0.114. The predicted molar refractivity (Wildman–Crippen MR) is 66.5 cm³/mol. The van der Waals surface area contributed by atoms with Crippen LogP contribution in [0.1, 0.15) is 30.1 Å². The van der Waals surface area contributed by atoms with Crippen molar-refractivity contribution in [3.8, 4) is 0 Å². The molecule has 0 amide bonds. The lowest BCUT2D eigenvalue weighted by Crippen LogP contribution is -2.23. The van der Waals surface area contributed by atoms with Crippen molar-refractivity contribution in [2.45, 2.75) is 25.9 Å². The Morgan fingerprint density at radius 2 is 2.12 bits per heavy atom. The third-order valence-corrected chi connectivity index (χ3v) is 2.89. The lowest BCUT2D eigenvalue weighted by molar-refractivity contribution is 0.0579. The molecular weight excluding hydrogens is 247 g/mol. The average molecular weight is 261 g/mol. The molecule has 0 aliphatic heterocycles. The third-order valence-electron chi connectivity index (χ3n) is 2.32. The molecule has 0 saturated carbocycles. The molecule has 0 saturated heterocycles. The largest absolute Gasteiger partial charge is 0.373 e. The summed E-state index contributed by atoms with van der Waals surface area (Å²) in [7, 11) is 1.52. The van der Waals surface area contributed by atoms with E-state index in [0.29, 0.717) is 22.0 Å². The maximum atomic E-state index is 12.1. The molecule has 1 aromatic rings. The fourth-order valence-corrected chi connectivity index (χ4v) is 1.86. The van der Waals surface area contributed by atoms with Crippen molar-refractivity contribution in [1.82, 2.24) is 0 Å². The van der Waals surface area contributed by atoms with Gasteiger partial charge in [0.05, 0.1) is 5.02 Å². The Bertz CT molecular complexity index is 377. The van der Waals surface area contributed by atoms with E-state index in [-0.39, 0.29) is 5.78 Å². The first-order valence-corrected chi connectivity index (χ1v) is 5.87. The van der Waals surface area contributed by atoms with Gasteiger partial charge in [0.2, 0.25) is 0 Å². The van der Waals surface area contributed by atoms with Gasteiger partial charge in [-0.1, -0.05) is 36.5 Å². The summed E-state index contributed by atoms with van der Waals surface area (Å²) in [5, 5.41) is 0.909. The van der Waals surface area contributed by atoms with Crippen LogP contribution < -0.4 is 0 Å². The van der Waals surface area contributed by atoms with Gasteiger partial charge in [-0.05, 0) is 24.6 Å². The number of ether oxygens (including phenoxy) is 1. The van der Waals surface area contributed by atoms with Crippen molar-refractivity contribution in [2.24, 2.45) is 0 Å². The van der Waals surface area contributed by atoms with Gasteiger partial charge in [0.1, 0.15) is 6.10 Å². The molecule has 0 heterocycles. The fraction of sp³-hybridized carbons (Fsp3) is 0.417. The zero-order chi connectivity index (χ0) is 12.1.